The molecule has 1 amide bonds. The summed E-state index contributed by atoms with van der Waals surface area (Å²) in [5, 5.41) is 11.0. The zero-order chi connectivity index (χ0) is 14.7. The van der Waals surface area contributed by atoms with Gasteiger partial charge in [-0.3, -0.25) is 20.3 Å². The van der Waals surface area contributed by atoms with Crippen molar-refractivity contribution < 1.29 is 14.5 Å². The molecule has 1 unspecified atom stereocenters. The summed E-state index contributed by atoms with van der Waals surface area (Å²) in [5.41, 5.74) is 7.14. The number of primary amides is 1. The third-order valence-corrected chi connectivity index (χ3v) is 2.80. The number of ether oxygens (including phenoxy) is 1. The number of nitrogens with zero attached hydrogens (tertiary/aromatic N) is 4. The lowest BCUT2D eigenvalue weighted by atomic mass is 10.2. The van der Waals surface area contributed by atoms with Crippen LogP contribution in [0.15, 0.2) is 6.20 Å². The lowest BCUT2D eigenvalue weighted by Crippen LogP contribution is -2.53. The summed E-state index contributed by atoms with van der Waals surface area (Å²) in [6.45, 7) is 0.591. The van der Waals surface area contributed by atoms with Gasteiger partial charge in [0.25, 0.3) is 0 Å². The largest absolute Gasteiger partial charge is 0.377 e. The minimum Gasteiger partial charge on any atom is -0.377 e. The maximum Gasteiger partial charge on any atom is 0.329 e. The Morgan fingerprint density at radius 1 is 1.65 bits per heavy atom. The highest BCUT2D eigenvalue weighted by molar-refractivity contribution is 5.84. The van der Waals surface area contributed by atoms with Crippen LogP contribution in [0.5, 0.6) is 0 Å². The van der Waals surface area contributed by atoms with Crippen LogP contribution >= 0.6 is 0 Å². The normalized spacial score (nSPS) is 18.6. The van der Waals surface area contributed by atoms with Crippen molar-refractivity contribution in [3.63, 3.8) is 0 Å². The third-order valence-electron chi connectivity index (χ3n) is 2.80. The van der Waals surface area contributed by atoms with Crippen LogP contribution < -0.4 is 21.9 Å². The number of rotatable bonds is 4. The minimum atomic E-state index is -0.831. The molecule has 5 N–H and O–H groups in total. The van der Waals surface area contributed by atoms with Gasteiger partial charge < -0.3 is 15.4 Å². The number of nitro groups is 1. The van der Waals surface area contributed by atoms with Gasteiger partial charge in [-0.1, -0.05) is 0 Å². The summed E-state index contributed by atoms with van der Waals surface area (Å²) in [6, 6.07) is -0.831. The highest BCUT2D eigenvalue weighted by Gasteiger charge is 2.33. The van der Waals surface area contributed by atoms with E-state index in [4.69, 9.17) is 16.3 Å². The third kappa shape index (κ3) is 2.57. The van der Waals surface area contributed by atoms with E-state index in [9.17, 15) is 14.9 Å². The van der Waals surface area contributed by atoms with E-state index in [0.29, 0.717) is 6.61 Å². The summed E-state index contributed by atoms with van der Waals surface area (Å²) >= 11 is 0. The molecule has 0 aliphatic carbocycles. The standard InChI is InChI=1S/C9H13N7O4/c10-7(17)6-4-20-2-1-15(6)8-5(16(18)19)3-12-9(13-8)14-11/h3,6H,1-2,4,11H2,(H2,10,17)(H,12,13,14). The first-order chi connectivity index (χ1) is 9.54. The molecule has 108 valence electrons. The molecule has 1 aliphatic heterocycles. The number of nitrogens with one attached hydrogen (secondary N) is 1. The zero-order valence-electron chi connectivity index (χ0n) is 10.4. The molecule has 2 rings (SSSR count). The van der Waals surface area contributed by atoms with Crippen molar-refractivity contribution in [2.24, 2.45) is 11.6 Å². The smallest absolute Gasteiger partial charge is 0.329 e. The van der Waals surface area contributed by atoms with Gasteiger partial charge in [0, 0.05) is 6.54 Å². The van der Waals surface area contributed by atoms with Crippen LogP contribution in [0.2, 0.25) is 0 Å². The molecule has 0 aromatic carbocycles. The highest BCUT2D eigenvalue weighted by Crippen LogP contribution is 2.28. The van der Waals surface area contributed by atoms with Gasteiger partial charge in [0.15, 0.2) is 0 Å². The van der Waals surface area contributed by atoms with Gasteiger partial charge in [0.2, 0.25) is 17.7 Å². The maximum atomic E-state index is 11.4. The van der Waals surface area contributed by atoms with E-state index in [-0.39, 0.29) is 30.6 Å². The molecule has 11 heteroatoms. The summed E-state index contributed by atoms with van der Waals surface area (Å²) in [7, 11) is 0. The van der Waals surface area contributed by atoms with E-state index in [1.807, 2.05) is 0 Å². The maximum absolute atomic E-state index is 11.4. The van der Waals surface area contributed by atoms with Gasteiger partial charge >= 0.3 is 5.69 Å². The van der Waals surface area contributed by atoms with Gasteiger partial charge in [0.1, 0.15) is 12.2 Å². The Bertz CT molecular complexity index is 537. The number of aromatic nitrogens is 2. The second-order valence-electron chi connectivity index (χ2n) is 3.99. The number of anilines is 2. The highest BCUT2D eigenvalue weighted by atomic mass is 16.6. The molecule has 2 heterocycles. The average Bonchev–Trinajstić information content (AvgIpc) is 2.46. The van der Waals surface area contributed by atoms with Crippen LogP contribution in [0.25, 0.3) is 0 Å². The number of carbonyl (C=O) groups is 1. The SMILES string of the molecule is NNc1ncc([N+](=O)[O-])c(N2CCOCC2C(N)=O)n1. The first-order valence-corrected chi connectivity index (χ1v) is 5.66. The number of morpholine rings is 1. The Balaban J connectivity index is 2.47. The molecule has 11 nitrogen and oxygen atoms in total. The Morgan fingerprint density at radius 2 is 2.40 bits per heavy atom. The van der Waals surface area contributed by atoms with Crippen LogP contribution in [0.4, 0.5) is 17.5 Å². The predicted octanol–water partition coefficient (Wildman–Crippen LogP) is -1.64. The van der Waals surface area contributed by atoms with E-state index in [2.05, 4.69) is 15.4 Å². The van der Waals surface area contributed by atoms with Crippen molar-refractivity contribution in [1.29, 1.82) is 0 Å². The average molecular weight is 283 g/mol. The molecule has 1 aromatic rings. The fraction of sp³-hybridized carbons (Fsp3) is 0.444. The Labute approximate surface area is 113 Å². The lowest BCUT2D eigenvalue weighted by Gasteiger charge is -2.33. The number of nitrogen functional groups attached to an aromatic ring is 1. The Hall–Kier alpha value is -2.53. The first kappa shape index (κ1) is 13.9. The van der Waals surface area contributed by atoms with Crippen LogP contribution in [0.1, 0.15) is 0 Å². The Morgan fingerprint density at radius 3 is 3.00 bits per heavy atom. The number of amides is 1. The summed E-state index contributed by atoms with van der Waals surface area (Å²) in [4.78, 5) is 30.9. The summed E-state index contributed by atoms with van der Waals surface area (Å²) < 4.78 is 5.16. The van der Waals surface area contributed by atoms with Gasteiger partial charge in [0.05, 0.1) is 18.1 Å². The van der Waals surface area contributed by atoms with E-state index >= 15 is 0 Å². The molecule has 1 saturated heterocycles. The topological polar surface area (TPSA) is 163 Å². The van der Waals surface area contributed by atoms with Gasteiger partial charge in [-0.15, -0.1) is 0 Å². The quantitative estimate of drug-likeness (QED) is 0.334. The molecule has 0 bridgehead atoms. The van der Waals surface area contributed by atoms with Gasteiger partial charge in [-0.2, -0.15) is 4.98 Å². The fourth-order valence-electron chi connectivity index (χ4n) is 1.87. The molecule has 0 radical (unpaired) electrons. The van der Waals surface area contributed by atoms with Crippen LogP contribution in [0.3, 0.4) is 0 Å². The first-order valence-electron chi connectivity index (χ1n) is 5.66. The second kappa shape index (κ2) is 5.63. The molecule has 1 atom stereocenters. The number of nitrogens with two attached hydrogens (primary N) is 2. The van der Waals surface area contributed by atoms with Crippen molar-refractivity contribution in [1.82, 2.24) is 9.97 Å². The number of hydrogen-bond donors (Lipinski definition) is 3. The second-order valence-corrected chi connectivity index (χ2v) is 3.99. The number of carbonyl (C=O) groups excluding carboxylic acids is 1. The summed E-state index contributed by atoms with van der Waals surface area (Å²) in [6.07, 6.45) is 1.02. The van der Waals surface area contributed by atoms with E-state index in [1.165, 1.54) is 4.90 Å². The van der Waals surface area contributed by atoms with E-state index in [0.717, 1.165) is 6.20 Å². The van der Waals surface area contributed by atoms with Gasteiger partial charge in [-0.25, -0.2) is 10.8 Å². The molecular weight excluding hydrogens is 270 g/mol. The number of hydrogen-bond acceptors (Lipinski definition) is 9. The van der Waals surface area contributed by atoms with Crippen molar-refractivity contribution >= 4 is 23.4 Å². The molecular formula is C9H13N7O4. The van der Waals surface area contributed by atoms with Crippen LogP contribution in [-0.2, 0) is 9.53 Å². The number of hydrazine groups is 1. The summed E-state index contributed by atoms with van der Waals surface area (Å²) in [5.74, 6) is 4.51. The van der Waals surface area contributed by atoms with Crippen molar-refractivity contribution in [3.8, 4) is 0 Å². The minimum absolute atomic E-state index is 0.000289. The zero-order valence-corrected chi connectivity index (χ0v) is 10.4. The molecule has 20 heavy (non-hydrogen) atoms. The van der Waals surface area contributed by atoms with E-state index < -0.39 is 16.9 Å². The van der Waals surface area contributed by atoms with Crippen molar-refractivity contribution in [2.75, 3.05) is 30.1 Å². The lowest BCUT2D eigenvalue weighted by molar-refractivity contribution is -0.384. The van der Waals surface area contributed by atoms with Crippen molar-refractivity contribution in [2.45, 2.75) is 6.04 Å². The molecule has 0 spiro atoms. The molecule has 0 saturated carbocycles. The molecule has 1 aromatic heterocycles. The monoisotopic (exact) mass is 283 g/mol. The van der Waals surface area contributed by atoms with Crippen LogP contribution in [-0.4, -0.2) is 46.6 Å². The molecule has 1 aliphatic rings. The molecule has 1 fully saturated rings. The van der Waals surface area contributed by atoms with Crippen molar-refractivity contribution in [3.05, 3.63) is 16.3 Å². The fourth-order valence-corrected chi connectivity index (χ4v) is 1.87. The Kier molecular flexibility index (Phi) is 3.91. The van der Waals surface area contributed by atoms with E-state index in [1.54, 1.807) is 0 Å². The van der Waals surface area contributed by atoms with Crippen LogP contribution in [0, 0.1) is 10.1 Å². The predicted molar refractivity (Wildman–Crippen MR) is 67.6 cm³/mol. The van der Waals surface area contributed by atoms with Gasteiger partial charge in [-0.05, 0) is 0 Å².